The van der Waals surface area contributed by atoms with Crippen molar-refractivity contribution < 1.29 is 27.9 Å². The van der Waals surface area contributed by atoms with Crippen LogP contribution < -0.4 is 5.32 Å². The maximum Gasteiger partial charge on any atom is 0.416 e. The number of hydrogen-bond donors (Lipinski definition) is 2. The Kier molecular flexibility index (Phi) is 5.44. The quantitative estimate of drug-likeness (QED) is 0.748. The largest absolute Gasteiger partial charge is 0.480 e. The number of carboxylic acid groups (broad SMARTS) is 1. The number of nitrogens with zero attached hydrogens (tertiary/aromatic N) is 2. The second-order valence-corrected chi connectivity index (χ2v) is 6.83. The highest BCUT2D eigenvalue weighted by molar-refractivity contribution is 5.97. The van der Waals surface area contributed by atoms with Crippen molar-refractivity contribution in [1.29, 1.82) is 0 Å². The van der Waals surface area contributed by atoms with Crippen molar-refractivity contribution in [3.63, 3.8) is 0 Å². The molecule has 6 nitrogen and oxygen atoms in total. The van der Waals surface area contributed by atoms with Crippen LogP contribution in [0.25, 0.3) is 5.69 Å². The third kappa shape index (κ3) is 4.18. The summed E-state index contributed by atoms with van der Waals surface area (Å²) in [4.78, 5) is 24.0. The van der Waals surface area contributed by atoms with Gasteiger partial charge in [-0.2, -0.15) is 18.3 Å². The van der Waals surface area contributed by atoms with E-state index in [0.29, 0.717) is 12.1 Å². The van der Waals surface area contributed by atoms with Gasteiger partial charge < -0.3 is 10.4 Å². The number of amides is 1. The van der Waals surface area contributed by atoms with Gasteiger partial charge >= 0.3 is 12.1 Å². The Balaban J connectivity index is 1.95. The standard InChI is InChI=1S/C19H20F3N3O3/c1-2-4-15(18(27)28)24-17(26)14-10-23-25(16(14)11-7-8-11)13-6-3-5-12(9-13)19(20,21)22/h3,5-6,9-11,15H,2,4,7-8H2,1H3,(H,24,26)(H,27,28). The lowest BCUT2D eigenvalue weighted by Gasteiger charge is -2.14. The van der Waals surface area contributed by atoms with Crippen molar-refractivity contribution in [2.45, 2.75) is 50.7 Å². The highest BCUT2D eigenvalue weighted by Crippen LogP contribution is 2.42. The van der Waals surface area contributed by atoms with Gasteiger partial charge in [-0.05, 0) is 37.5 Å². The van der Waals surface area contributed by atoms with E-state index in [1.165, 1.54) is 23.0 Å². The Labute approximate surface area is 159 Å². The second kappa shape index (κ2) is 7.65. The predicted octanol–water partition coefficient (Wildman–Crippen LogP) is 3.75. The zero-order chi connectivity index (χ0) is 20.5. The first-order valence-corrected chi connectivity index (χ1v) is 9.01. The molecule has 28 heavy (non-hydrogen) atoms. The van der Waals surface area contributed by atoms with Crippen LogP contribution in [0.5, 0.6) is 0 Å². The second-order valence-electron chi connectivity index (χ2n) is 6.83. The molecule has 0 saturated heterocycles. The minimum absolute atomic E-state index is 0.00671. The van der Waals surface area contributed by atoms with Crippen LogP contribution in [-0.2, 0) is 11.0 Å². The van der Waals surface area contributed by atoms with Crippen LogP contribution in [0, 0.1) is 0 Å². The van der Waals surface area contributed by atoms with E-state index in [0.717, 1.165) is 25.0 Å². The number of hydrogen-bond acceptors (Lipinski definition) is 3. The fourth-order valence-corrected chi connectivity index (χ4v) is 3.08. The minimum Gasteiger partial charge on any atom is -0.480 e. The fraction of sp³-hybridized carbons (Fsp3) is 0.421. The monoisotopic (exact) mass is 395 g/mol. The van der Waals surface area contributed by atoms with Crippen molar-refractivity contribution in [3.05, 3.63) is 47.3 Å². The number of aromatic nitrogens is 2. The SMILES string of the molecule is CCCC(NC(=O)c1cnn(-c2cccc(C(F)(F)F)c2)c1C1CC1)C(=O)O. The molecular formula is C19H20F3N3O3. The number of carbonyl (C=O) groups excluding carboxylic acids is 1. The molecule has 1 heterocycles. The van der Waals surface area contributed by atoms with E-state index < -0.39 is 29.7 Å². The van der Waals surface area contributed by atoms with Crippen LogP contribution in [0.4, 0.5) is 13.2 Å². The van der Waals surface area contributed by atoms with Gasteiger partial charge in [0.2, 0.25) is 0 Å². The van der Waals surface area contributed by atoms with Gasteiger partial charge in [-0.1, -0.05) is 19.4 Å². The molecule has 1 aromatic heterocycles. The third-order valence-corrected chi connectivity index (χ3v) is 4.61. The molecule has 0 spiro atoms. The van der Waals surface area contributed by atoms with Gasteiger partial charge in [0.1, 0.15) is 6.04 Å². The summed E-state index contributed by atoms with van der Waals surface area (Å²) in [6.07, 6.45) is -0.756. The van der Waals surface area contributed by atoms with Crippen molar-refractivity contribution in [2.24, 2.45) is 0 Å². The first-order valence-electron chi connectivity index (χ1n) is 9.01. The molecule has 1 unspecified atom stereocenters. The number of rotatable bonds is 7. The van der Waals surface area contributed by atoms with Gasteiger partial charge in [-0.15, -0.1) is 0 Å². The van der Waals surface area contributed by atoms with Gasteiger partial charge in [-0.25, -0.2) is 9.48 Å². The van der Waals surface area contributed by atoms with Gasteiger partial charge in [0.05, 0.1) is 28.7 Å². The number of carbonyl (C=O) groups is 2. The maximum absolute atomic E-state index is 13.0. The van der Waals surface area contributed by atoms with Crippen molar-refractivity contribution >= 4 is 11.9 Å². The topological polar surface area (TPSA) is 84.2 Å². The van der Waals surface area contributed by atoms with E-state index >= 15 is 0 Å². The number of carboxylic acids is 1. The molecule has 150 valence electrons. The summed E-state index contributed by atoms with van der Waals surface area (Å²) in [5, 5.41) is 15.9. The summed E-state index contributed by atoms with van der Waals surface area (Å²) in [6.45, 7) is 1.81. The lowest BCUT2D eigenvalue weighted by atomic mass is 10.1. The normalized spacial score (nSPS) is 15.3. The summed E-state index contributed by atoms with van der Waals surface area (Å²) in [6, 6.07) is 3.71. The highest BCUT2D eigenvalue weighted by atomic mass is 19.4. The number of nitrogens with one attached hydrogen (secondary N) is 1. The predicted molar refractivity (Wildman–Crippen MR) is 94.3 cm³/mol. The molecule has 0 bridgehead atoms. The molecule has 1 aliphatic rings. The molecule has 0 radical (unpaired) electrons. The average Bonchev–Trinajstić information content (AvgIpc) is 3.38. The van der Waals surface area contributed by atoms with Gasteiger partial charge in [0, 0.05) is 5.92 Å². The van der Waals surface area contributed by atoms with Crippen LogP contribution in [0.15, 0.2) is 30.5 Å². The number of halogens is 3. The van der Waals surface area contributed by atoms with Crippen LogP contribution in [0.3, 0.4) is 0 Å². The zero-order valence-electron chi connectivity index (χ0n) is 15.2. The maximum atomic E-state index is 13.0. The Morgan fingerprint density at radius 1 is 1.36 bits per heavy atom. The first-order chi connectivity index (χ1) is 13.2. The summed E-state index contributed by atoms with van der Waals surface area (Å²) < 4.78 is 40.4. The van der Waals surface area contributed by atoms with Crippen LogP contribution in [0.2, 0.25) is 0 Å². The number of aliphatic carboxylic acids is 1. The Morgan fingerprint density at radius 3 is 2.64 bits per heavy atom. The van der Waals surface area contributed by atoms with Crippen molar-refractivity contribution in [1.82, 2.24) is 15.1 Å². The Morgan fingerprint density at radius 2 is 2.07 bits per heavy atom. The molecule has 1 saturated carbocycles. The van der Waals surface area contributed by atoms with E-state index in [-0.39, 0.29) is 23.6 Å². The zero-order valence-corrected chi connectivity index (χ0v) is 15.2. The number of benzene rings is 1. The summed E-state index contributed by atoms with van der Waals surface area (Å²) >= 11 is 0. The molecule has 2 aromatic rings. The molecule has 9 heteroatoms. The molecule has 1 amide bonds. The lowest BCUT2D eigenvalue weighted by molar-refractivity contribution is -0.139. The summed E-state index contributed by atoms with van der Waals surface area (Å²) in [7, 11) is 0. The molecule has 1 aromatic carbocycles. The molecule has 0 aliphatic heterocycles. The van der Waals surface area contributed by atoms with Crippen LogP contribution in [-0.4, -0.2) is 32.8 Å². The van der Waals surface area contributed by atoms with Crippen molar-refractivity contribution in [2.75, 3.05) is 0 Å². The Hall–Kier alpha value is -2.84. The molecule has 1 atom stereocenters. The van der Waals surface area contributed by atoms with Crippen LogP contribution >= 0.6 is 0 Å². The number of alkyl halides is 3. The Bertz CT molecular complexity index is 888. The van der Waals surface area contributed by atoms with Gasteiger partial charge in [0.25, 0.3) is 5.91 Å². The van der Waals surface area contributed by atoms with E-state index in [1.54, 1.807) is 0 Å². The van der Waals surface area contributed by atoms with E-state index in [4.69, 9.17) is 0 Å². The summed E-state index contributed by atoms with van der Waals surface area (Å²) in [5.41, 5.74) is 0.112. The van der Waals surface area contributed by atoms with Gasteiger partial charge in [0.15, 0.2) is 0 Å². The molecule has 2 N–H and O–H groups in total. The highest BCUT2D eigenvalue weighted by Gasteiger charge is 2.35. The molecular weight excluding hydrogens is 375 g/mol. The van der Waals surface area contributed by atoms with E-state index in [9.17, 15) is 27.9 Å². The molecule has 1 fully saturated rings. The van der Waals surface area contributed by atoms with E-state index in [1.807, 2.05) is 6.92 Å². The molecule has 1 aliphatic carbocycles. The summed E-state index contributed by atoms with van der Waals surface area (Å²) in [5.74, 6) is -1.71. The average molecular weight is 395 g/mol. The fourth-order valence-electron chi connectivity index (χ4n) is 3.08. The van der Waals surface area contributed by atoms with Crippen LogP contribution in [0.1, 0.15) is 60.1 Å². The van der Waals surface area contributed by atoms with Gasteiger partial charge in [-0.3, -0.25) is 4.79 Å². The smallest absolute Gasteiger partial charge is 0.416 e. The third-order valence-electron chi connectivity index (χ3n) is 4.61. The lowest BCUT2D eigenvalue weighted by Crippen LogP contribution is -2.40. The molecule has 3 rings (SSSR count). The minimum atomic E-state index is -4.49. The van der Waals surface area contributed by atoms with E-state index in [2.05, 4.69) is 10.4 Å². The first kappa shape index (κ1) is 19.9. The van der Waals surface area contributed by atoms with Crippen molar-refractivity contribution in [3.8, 4) is 5.69 Å².